The van der Waals surface area contributed by atoms with Crippen molar-refractivity contribution in [2.75, 3.05) is 10.8 Å². The van der Waals surface area contributed by atoms with Gasteiger partial charge in [-0.25, -0.2) is 13.8 Å². The lowest BCUT2D eigenvalue weighted by Gasteiger charge is -2.25. The number of nitrogens with zero attached hydrogens (tertiary/aromatic N) is 3. The van der Waals surface area contributed by atoms with Crippen LogP contribution in [0.15, 0.2) is 107 Å². The smallest absolute Gasteiger partial charge is 0.269 e. The summed E-state index contributed by atoms with van der Waals surface area (Å²) < 4.78 is 33.8. The molecule has 0 aliphatic carbocycles. The lowest BCUT2D eigenvalue weighted by atomic mass is 10.1. The highest BCUT2D eigenvalue weighted by molar-refractivity contribution is 7.92. The van der Waals surface area contributed by atoms with Gasteiger partial charge in [0.1, 0.15) is 18.9 Å². The molecule has 0 heterocycles. The minimum absolute atomic E-state index is 0.0141. The molecule has 0 aromatic heterocycles. The number of hydrogen-bond acceptors (Lipinski definition) is 7. The van der Waals surface area contributed by atoms with Crippen LogP contribution in [0.3, 0.4) is 0 Å². The molecule has 0 unspecified atom stereocenters. The highest BCUT2D eigenvalue weighted by atomic mass is 32.2. The van der Waals surface area contributed by atoms with E-state index < -0.39 is 27.4 Å². The summed E-state index contributed by atoms with van der Waals surface area (Å²) in [6.45, 7) is 3.48. The van der Waals surface area contributed by atoms with Crippen LogP contribution in [-0.2, 0) is 21.4 Å². The molecule has 0 saturated carbocycles. The Bertz CT molecular complexity index is 1660. The summed E-state index contributed by atoms with van der Waals surface area (Å²) in [6.07, 6.45) is 1.44. The molecule has 0 atom stereocenters. The molecule has 0 bridgehead atoms. The van der Waals surface area contributed by atoms with Crippen molar-refractivity contribution in [3.63, 3.8) is 0 Å². The zero-order valence-electron chi connectivity index (χ0n) is 22.4. The zero-order chi connectivity index (χ0) is 29.4. The maximum absolute atomic E-state index is 13.5. The molecule has 0 spiro atoms. The minimum atomic E-state index is -4.02. The number of nitro benzene ring substituents is 1. The number of aryl methyl sites for hydroxylation is 2. The Morgan fingerprint density at radius 3 is 2.29 bits per heavy atom. The third-order valence-electron chi connectivity index (χ3n) is 6.08. The van der Waals surface area contributed by atoms with E-state index in [4.69, 9.17) is 4.74 Å². The Balaban J connectivity index is 1.39. The van der Waals surface area contributed by atoms with Gasteiger partial charge in [-0.05, 0) is 85.1 Å². The van der Waals surface area contributed by atoms with Gasteiger partial charge in [-0.15, -0.1) is 0 Å². The average Bonchev–Trinajstić information content (AvgIpc) is 2.96. The Morgan fingerprint density at radius 2 is 1.66 bits per heavy atom. The van der Waals surface area contributed by atoms with Gasteiger partial charge in [-0.2, -0.15) is 5.10 Å². The van der Waals surface area contributed by atoms with E-state index in [0.717, 1.165) is 21.0 Å². The zero-order valence-corrected chi connectivity index (χ0v) is 23.2. The van der Waals surface area contributed by atoms with Gasteiger partial charge in [-0.3, -0.25) is 19.2 Å². The van der Waals surface area contributed by atoms with Crippen LogP contribution in [0.25, 0.3) is 0 Å². The van der Waals surface area contributed by atoms with E-state index in [1.54, 1.807) is 73.7 Å². The first-order chi connectivity index (χ1) is 19.6. The van der Waals surface area contributed by atoms with Gasteiger partial charge in [-0.1, -0.05) is 35.9 Å². The first-order valence-electron chi connectivity index (χ1n) is 12.6. The number of rotatable bonds is 11. The summed E-state index contributed by atoms with van der Waals surface area (Å²) in [5.41, 5.74) is 5.98. The number of amides is 1. The predicted octanol–water partition coefficient (Wildman–Crippen LogP) is 5.14. The number of ether oxygens (including phenoxy) is 1. The van der Waals surface area contributed by atoms with Crippen LogP contribution in [0.5, 0.6) is 5.75 Å². The monoisotopic (exact) mass is 572 g/mol. The van der Waals surface area contributed by atoms with Crippen LogP contribution in [0, 0.1) is 24.0 Å². The minimum Gasteiger partial charge on any atom is -0.489 e. The SMILES string of the molecule is Cc1ccc(N(CC(=O)N/N=C/c2ccc(OCc3ccc([N+](=O)[O-])cc3)cc2)S(=O)(=O)c2ccccc2)c(C)c1. The molecule has 4 aromatic carbocycles. The fraction of sp³-hybridized carbons (Fsp3) is 0.133. The third kappa shape index (κ3) is 7.55. The molecule has 0 fully saturated rings. The van der Waals surface area contributed by atoms with Crippen LogP contribution in [0.4, 0.5) is 11.4 Å². The maximum Gasteiger partial charge on any atom is 0.269 e. The molecule has 1 N–H and O–H groups in total. The molecule has 0 saturated heterocycles. The van der Waals surface area contributed by atoms with Crippen molar-refractivity contribution in [1.82, 2.24) is 5.43 Å². The summed E-state index contributed by atoms with van der Waals surface area (Å²) in [6, 6.07) is 26.3. The van der Waals surface area contributed by atoms with Crippen LogP contribution in [0.1, 0.15) is 22.3 Å². The van der Waals surface area contributed by atoms with Gasteiger partial charge in [0.25, 0.3) is 21.6 Å². The largest absolute Gasteiger partial charge is 0.489 e. The van der Waals surface area contributed by atoms with Gasteiger partial charge in [0.15, 0.2) is 0 Å². The van der Waals surface area contributed by atoms with E-state index in [2.05, 4.69) is 10.5 Å². The Labute approximate surface area is 238 Å². The number of hydrogen-bond donors (Lipinski definition) is 1. The Hall–Kier alpha value is -5.03. The number of carbonyl (C=O) groups is 1. The predicted molar refractivity (Wildman–Crippen MR) is 156 cm³/mol. The molecule has 11 heteroatoms. The summed E-state index contributed by atoms with van der Waals surface area (Å²) in [5.74, 6) is -0.0245. The van der Waals surface area contributed by atoms with Crippen LogP contribution in [0.2, 0.25) is 0 Å². The fourth-order valence-electron chi connectivity index (χ4n) is 3.98. The van der Waals surface area contributed by atoms with Crippen molar-refractivity contribution in [3.05, 3.63) is 129 Å². The molecule has 4 aromatic rings. The van der Waals surface area contributed by atoms with Crippen molar-refractivity contribution in [3.8, 4) is 5.75 Å². The van der Waals surface area contributed by atoms with E-state index in [0.29, 0.717) is 17.0 Å². The van der Waals surface area contributed by atoms with Crippen molar-refractivity contribution in [2.45, 2.75) is 25.3 Å². The lowest BCUT2D eigenvalue weighted by molar-refractivity contribution is -0.384. The summed E-state index contributed by atoms with van der Waals surface area (Å²) in [5, 5.41) is 14.8. The van der Waals surface area contributed by atoms with Crippen LogP contribution in [-0.4, -0.2) is 32.0 Å². The summed E-state index contributed by atoms with van der Waals surface area (Å²) >= 11 is 0. The molecule has 10 nitrogen and oxygen atoms in total. The van der Waals surface area contributed by atoms with Crippen molar-refractivity contribution in [1.29, 1.82) is 0 Å². The number of carbonyl (C=O) groups excluding carboxylic acids is 1. The van der Waals surface area contributed by atoms with Crippen LogP contribution < -0.4 is 14.5 Å². The molecule has 0 aliphatic rings. The average molecular weight is 573 g/mol. The van der Waals surface area contributed by atoms with Gasteiger partial charge in [0.2, 0.25) is 0 Å². The van der Waals surface area contributed by atoms with E-state index in [-0.39, 0.29) is 17.2 Å². The van der Waals surface area contributed by atoms with Gasteiger partial charge < -0.3 is 4.74 Å². The molecule has 1 amide bonds. The first-order valence-corrected chi connectivity index (χ1v) is 14.0. The van der Waals surface area contributed by atoms with Crippen molar-refractivity contribution >= 4 is 33.5 Å². The summed E-state index contributed by atoms with van der Waals surface area (Å²) in [4.78, 5) is 23.2. The highest BCUT2D eigenvalue weighted by Crippen LogP contribution is 2.27. The number of non-ortho nitro benzene ring substituents is 1. The van der Waals surface area contributed by atoms with Gasteiger partial charge in [0, 0.05) is 12.1 Å². The van der Waals surface area contributed by atoms with E-state index >= 15 is 0 Å². The second-order valence-corrected chi connectivity index (χ2v) is 11.1. The molecule has 0 radical (unpaired) electrons. The van der Waals surface area contributed by atoms with E-state index in [1.165, 1.54) is 30.5 Å². The van der Waals surface area contributed by atoms with Crippen molar-refractivity contribution < 1.29 is 22.9 Å². The van der Waals surface area contributed by atoms with Gasteiger partial charge in [0.05, 0.1) is 21.7 Å². The number of anilines is 1. The standard InChI is InChI=1S/C30H28N4O6S/c1-22-8-17-29(23(2)18-22)33(41(38,39)28-6-4-3-5-7-28)20-30(35)32-31-19-24-11-15-27(16-12-24)40-21-25-9-13-26(14-10-25)34(36)37/h3-19H,20-21H2,1-2H3,(H,32,35)/b31-19+. The first kappa shape index (κ1) is 29.0. The maximum atomic E-state index is 13.5. The Morgan fingerprint density at radius 1 is 0.976 bits per heavy atom. The molecule has 210 valence electrons. The summed E-state index contributed by atoms with van der Waals surface area (Å²) in [7, 11) is -4.02. The topological polar surface area (TPSA) is 131 Å². The number of sulfonamides is 1. The molecular formula is C30H28N4O6S. The molecule has 41 heavy (non-hydrogen) atoms. The molecular weight excluding hydrogens is 544 g/mol. The lowest BCUT2D eigenvalue weighted by Crippen LogP contribution is -2.40. The normalized spacial score (nSPS) is 11.3. The molecule has 4 rings (SSSR count). The number of nitrogens with one attached hydrogen (secondary N) is 1. The van der Waals surface area contributed by atoms with Crippen molar-refractivity contribution in [2.24, 2.45) is 5.10 Å². The second kappa shape index (κ2) is 12.9. The third-order valence-corrected chi connectivity index (χ3v) is 7.85. The molecule has 0 aliphatic heterocycles. The van der Waals surface area contributed by atoms with E-state index in [9.17, 15) is 23.3 Å². The number of nitro groups is 1. The number of hydrazone groups is 1. The van der Waals surface area contributed by atoms with Crippen LogP contribution >= 0.6 is 0 Å². The van der Waals surface area contributed by atoms with E-state index in [1.807, 2.05) is 13.0 Å². The van der Waals surface area contributed by atoms with Gasteiger partial charge >= 0.3 is 0 Å². The fourth-order valence-corrected chi connectivity index (χ4v) is 5.49. The second-order valence-electron chi connectivity index (χ2n) is 9.19. The number of benzene rings is 4. The quantitative estimate of drug-likeness (QED) is 0.150. The Kier molecular flexibility index (Phi) is 9.10. The highest BCUT2D eigenvalue weighted by Gasteiger charge is 2.28.